The number of carbonyl (C=O) groups excluding carboxylic acids is 2. The summed E-state index contributed by atoms with van der Waals surface area (Å²) in [5, 5.41) is 3.28. The quantitative estimate of drug-likeness (QED) is 0.752. The van der Waals surface area contributed by atoms with Crippen LogP contribution >= 0.6 is 11.6 Å². The second kappa shape index (κ2) is 8.89. The van der Waals surface area contributed by atoms with Gasteiger partial charge in [0.15, 0.2) is 0 Å². The SMILES string of the molecule is CCOc1c(Cl)cccc1CN(C)C(=O)/C=C/c1cnc2c(c1)CCC(=O)N2. The maximum atomic E-state index is 12.5. The van der Waals surface area contributed by atoms with Crippen molar-refractivity contribution in [3.63, 3.8) is 0 Å². The zero-order valence-electron chi connectivity index (χ0n) is 15.9. The Bertz CT molecular complexity index is 927. The molecule has 1 aliphatic rings. The van der Waals surface area contributed by atoms with Crippen LogP contribution in [0, 0.1) is 0 Å². The molecule has 3 rings (SSSR count). The summed E-state index contributed by atoms with van der Waals surface area (Å²) < 4.78 is 5.61. The highest BCUT2D eigenvalue weighted by atomic mass is 35.5. The molecule has 0 aliphatic carbocycles. The highest BCUT2D eigenvalue weighted by molar-refractivity contribution is 6.32. The number of fused-ring (bicyclic) bond motifs is 1. The van der Waals surface area contributed by atoms with Gasteiger partial charge in [0.2, 0.25) is 11.8 Å². The third-order valence-corrected chi connectivity index (χ3v) is 4.70. The topological polar surface area (TPSA) is 71.5 Å². The van der Waals surface area contributed by atoms with Crippen LogP contribution in [0.1, 0.15) is 30.0 Å². The number of likely N-dealkylation sites (N-methyl/N-ethyl adjacent to an activating group) is 1. The molecule has 0 saturated carbocycles. The van der Waals surface area contributed by atoms with E-state index < -0.39 is 0 Å². The number of hydrogen-bond donors (Lipinski definition) is 1. The lowest BCUT2D eigenvalue weighted by atomic mass is 10.0. The molecule has 146 valence electrons. The molecule has 0 unspecified atom stereocenters. The molecule has 1 aromatic carbocycles. The van der Waals surface area contributed by atoms with E-state index in [0.29, 0.717) is 42.6 Å². The fraction of sp³-hybridized carbons (Fsp3) is 0.286. The summed E-state index contributed by atoms with van der Waals surface area (Å²) in [5.41, 5.74) is 2.64. The minimum Gasteiger partial charge on any atom is -0.492 e. The average molecular weight is 400 g/mol. The zero-order chi connectivity index (χ0) is 20.1. The highest BCUT2D eigenvalue weighted by Gasteiger charge is 2.16. The minimum absolute atomic E-state index is 0.0208. The predicted molar refractivity (Wildman–Crippen MR) is 109 cm³/mol. The number of hydrogen-bond acceptors (Lipinski definition) is 4. The molecule has 2 amide bonds. The normalized spacial score (nSPS) is 13.2. The van der Waals surface area contributed by atoms with Gasteiger partial charge in [0.25, 0.3) is 0 Å². The lowest BCUT2D eigenvalue weighted by molar-refractivity contribution is -0.125. The maximum absolute atomic E-state index is 12.5. The molecule has 0 radical (unpaired) electrons. The molecule has 0 atom stereocenters. The fourth-order valence-corrected chi connectivity index (χ4v) is 3.23. The standard InChI is InChI=1S/C21H22ClN3O3/c1-3-28-20-16(5-4-6-17(20)22)13-25(2)19(27)10-7-14-11-15-8-9-18(26)24-21(15)23-12-14/h4-7,10-12H,3,8-9,13H2,1-2H3,(H,23,24,26)/b10-7+. The molecule has 0 spiro atoms. The van der Waals surface area contributed by atoms with Gasteiger partial charge in [-0.3, -0.25) is 9.59 Å². The number of benzene rings is 1. The molecule has 7 heteroatoms. The largest absolute Gasteiger partial charge is 0.492 e. The Labute approximate surface area is 169 Å². The van der Waals surface area contributed by atoms with Crippen molar-refractivity contribution in [2.45, 2.75) is 26.3 Å². The van der Waals surface area contributed by atoms with Gasteiger partial charge in [-0.15, -0.1) is 0 Å². The Morgan fingerprint density at radius 1 is 1.39 bits per heavy atom. The van der Waals surface area contributed by atoms with Crippen molar-refractivity contribution in [2.75, 3.05) is 19.0 Å². The summed E-state index contributed by atoms with van der Waals surface area (Å²) in [5.74, 6) is 1.04. The van der Waals surface area contributed by atoms with E-state index in [1.54, 1.807) is 30.3 Å². The number of halogens is 1. The van der Waals surface area contributed by atoms with E-state index in [-0.39, 0.29) is 11.8 Å². The Morgan fingerprint density at radius 2 is 2.21 bits per heavy atom. The smallest absolute Gasteiger partial charge is 0.246 e. The molecule has 0 bridgehead atoms. The van der Waals surface area contributed by atoms with Crippen LogP contribution < -0.4 is 10.1 Å². The molecule has 2 heterocycles. The van der Waals surface area contributed by atoms with Crippen molar-refractivity contribution in [1.29, 1.82) is 0 Å². The number of ether oxygens (including phenoxy) is 1. The van der Waals surface area contributed by atoms with Gasteiger partial charge in [-0.2, -0.15) is 0 Å². The molecule has 0 saturated heterocycles. The summed E-state index contributed by atoms with van der Waals surface area (Å²) >= 11 is 6.20. The number of rotatable bonds is 6. The average Bonchev–Trinajstić information content (AvgIpc) is 2.68. The number of carbonyl (C=O) groups is 2. The first-order valence-electron chi connectivity index (χ1n) is 9.10. The van der Waals surface area contributed by atoms with Crippen LogP contribution in [0.4, 0.5) is 5.82 Å². The predicted octanol–water partition coefficient (Wildman–Crippen LogP) is 3.69. The number of para-hydroxylation sites is 1. The summed E-state index contributed by atoms with van der Waals surface area (Å²) in [7, 11) is 1.73. The Balaban J connectivity index is 1.68. The van der Waals surface area contributed by atoms with E-state index in [0.717, 1.165) is 16.7 Å². The number of anilines is 1. The van der Waals surface area contributed by atoms with Crippen molar-refractivity contribution < 1.29 is 14.3 Å². The first kappa shape index (κ1) is 19.9. The third-order valence-electron chi connectivity index (χ3n) is 4.41. The van der Waals surface area contributed by atoms with E-state index >= 15 is 0 Å². The summed E-state index contributed by atoms with van der Waals surface area (Å²) in [6.45, 7) is 2.77. The van der Waals surface area contributed by atoms with Crippen LogP contribution in [0.2, 0.25) is 5.02 Å². The van der Waals surface area contributed by atoms with Crippen LogP contribution in [0.25, 0.3) is 6.08 Å². The molecular formula is C21H22ClN3O3. The van der Waals surface area contributed by atoms with Gasteiger partial charge >= 0.3 is 0 Å². The van der Waals surface area contributed by atoms with E-state index in [1.165, 1.54) is 6.08 Å². The number of nitrogens with one attached hydrogen (secondary N) is 1. The van der Waals surface area contributed by atoms with Gasteiger partial charge in [0.05, 0.1) is 11.6 Å². The van der Waals surface area contributed by atoms with Gasteiger partial charge in [-0.1, -0.05) is 23.7 Å². The molecule has 6 nitrogen and oxygen atoms in total. The lowest BCUT2D eigenvalue weighted by Crippen LogP contribution is -2.24. The summed E-state index contributed by atoms with van der Waals surface area (Å²) in [6.07, 6.45) is 5.97. The number of pyridine rings is 1. The fourth-order valence-electron chi connectivity index (χ4n) is 2.98. The first-order valence-corrected chi connectivity index (χ1v) is 9.48. The van der Waals surface area contributed by atoms with Gasteiger partial charge in [0, 0.05) is 37.8 Å². The number of aromatic nitrogens is 1. The molecule has 2 aromatic rings. The van der Waals surface area contributed by atoms with Crippen LogP contribution in [0.3, 0.4) is 0 Å². The van der Waals surface area contributed by atoms with Gasteiger partial charge < -0.3 is 15.0 Å². The van der Waals surface area contributed by atoms with Crippen molar-refractivity contribution in [3.8, 4) is 5.75 Å². The molecule has 1 aliphatic heterocycles. The maximum Gasteiger partial charge on any atom is 0.246 e. The van der Waals surface area contributed by atoms with Crippen LogP contribution in [0.5, 0.6) is 5.75 Å². The van der Waals surface area contributed by atoms with E-state index in [1.807, 2.05) is 25.1 Å². The molecule has 1 aromatic heterocycles. The van der Waals surface area contributed by atoms with Crippen molar-refractivity contribution in [1.82, 2.24) is 9.88 Å². The van der Waals surface area contributed by atoms with E-state index in [9.17, 15) is 9.59 Å². The van der Waals surface area contributed by atoms with E-state index in [4.69, 9.17) is 16.3 Å². The lowest BCUT2D eigenvalue weighted by Gasteiger charge is -2.18. The molecule has 28 heavy (non-hydrogen) atoms. The zero-order valence-corrected chi connectivity index (χ0v) is 16.6. The Hall–Kier alpha value is -2.86. The molecular weight excluding hydrogens is 378 g/mol. The second-order valence-electron chi connectivity index (χ2n) is 6.51. The van der Waals surface area contributed by atoms with E-state index in [2.05, 4.69) is 10.3 Å². The minimum atomic E-state index is -0.145. The highest BCUT2D eigenvalue weighted by Crippen LogP contribution is 2.29. The van der Waals surface area contributed by atoms with Gasteiger partial charge in [-0.25, -0.2) is 4.98 Å². The Morgan fingerprint density at radius 3 is 3.00 bits per heavy atom. The second-order valence-corrected chi connectivity index (χ2v) is 6.92. The third kappa shape index (κ3) is 4.70. The summed E-state index contributed by atoms with van der Waals surface area (Å²) in [4.78, 5) is 29.8. The van der Waals surface area contributed by atoms with Crippen LogP contribution in [-0.2, 0) is 22.6 Å². The van der Waals surface area contributed by atoms with Gasteiger partial charge in [0.1, 0.15) is 11.6 Å². The number of nitrogens with zero attached hydrogens (tertiary/aromatic N) is 2. The van der Waals surface area contributed by atoms with Crippen LogP contribution in [0.15, 0.2) is 36.5 Å². The number of amides is 2. The Kier molecular flexibility index (Phi) is 6.31. The van der Waals surface area contributed by atoms with Crippen molar-refractivity contribution in [2.24, 2.45) is 0 Å². The number of aryl methyl sites for hydroxylation is 1. The monoisotopic (exact) mass is 399 g/mol. The van der Waals surface area contributed by atoms with Crippen molar-refractivity contribution >= 4 is 35.3 Å². The first-order chi connectivity index (χ1) is 13.5. The molecule has 1 N–H and O–H groups in total. The summed E-state index contributed by atoms with van der Waals surface area (Å²) in [6, 6.07) is 7.44. The molecule has 0 fully saturated rings. The van der Waals surface area contributed by atoms with Gasteiger partial charge in [-0.05, 0) is 42.7 Å². The van der Waals surface area contributed by atoms with Crippen LogP contribution in [-0.4, -0.2) is 35.4 Å². The van der Waals surface area contributed by atoms with Crippen molar-refractivity contribution in [3.05, 3.63) is 58.3 Å².